The van der Waals surface area contributed by atoms with E-state index >= 15 is 0 Å². The number of carbonyl (C=O) groups is 2. The van der Waals surface area contributed by atoms with Gasteiger partial charge in [0.05, 0.1) is 5.41 Å². The minimum atomic E-state index is -0.184. The molecule has 0 heterocycles. The highest BCUT2D eigenvalue weighted by Gasteiger charge is 2.54. The van der Waals surface area contributed by atoms with Gasteiger partial charge in [-0.3, -0.25) is 20.4 Å². The molecule has 4 nitrogen and oxygen atoms in total. The third-order valence-corrected chi connectivity index (χ3v) is 7.43. The summed E-state index contributed by atoms with van der Waals surface area (Å²) in [4.78, 5) is 25.2. The molecule has 0 aromatic carbocycles. The summed E-state index contributed by atoms with van der Waals surface area (Å²) in [6.07, 6.45) is 13.6. The Morgan fingerprint density at radius 1 is 0.826 bits per heavy atom. The van der Waals surface area contributed by atoms with Crippen molar-refractivity contribution >= 4 is 11.8 Å². The van der Waals surface area contributed by atoms with Crippen LogP contribution in [0.2, 0.25) is 0 Å². The van der Waals surface area contributed by atoms with Crippen molar-refractivity contribution in [3.8, 4) is 0 Å². The van der Waals surface area contributed by atoms with Crippen LogP contribution < -0.4 is 10.9 Å². The second-order valence-electron chi connectivity index (χ2n) is 9.03. The minimum Gasteiger partial charge on any atom is -0.273 e. The molecule has 6 aliphatic rings. The molecule has 5 saturated carbocycles. The van der Waals surface area contributed by atoms with E-state index in [9.17, 15) is 9.59 Å². The second kappa shape index (κ2) is 4.84. The van der Waals surface area contributed by atoms with Crippen LogP contribution in [0.1, 0.15) is 51.4 Å². The molecule has 5 fully saturated rings. The van der Waals surface area contributed by atoms with E-state index in [0.29, 0.717) is 11.8 Å². The molecule has 6 bridgehead atoms. The number of hydrazine groups is 1. The summed E-state index contributed by atoms with van der Waals surface area (Å²) >= 11 is 0. The van der Waals surface area contributed by atoms with Gasteiger partial charge in [-0.15, -0.1) is 0 Å². The number of amides is 2. The molecule has 6 rings (SSSR count). The van der Waals surface area contributed by atoms with Gasteiger partial charge in [-0.05, 0) is 81.0 Å². The van der Waals surface area contributed by atoms with E-state index in [-0.39, 0.29) is 23.1 Å². The lowest BCUT2D eigenvalue weighted by Gasteiger charge is -2.55. The molecule has 3 unspecified atom stereocenters. The lowest BCUT2D eigenvalue weighted by atomic mass is 9.49. The highest BCUT2D eigenvalue weighted by Crippen LogP contribution is 2.60. The van der Waals surface area contributed by atoms with Crippen molar-refractivity contribution in [3.63, 3.8) is 0 Å². The Balaban J connectivity index is 1.22. The van der Waals surface area contributed by atoms with Crippen LogP contribution in [0.5, 0.6) is 0 Å². The SMILES string of the molecule is O=C(NNC(=O)C12CC3CC(CC(C3)C1)C2)C1CC2C=CC1C2. The summed E-state index contributed by atoms with van der Waals surface area (Å²) in [5.41, 5.74) is 5.39. The van der Waals surface area contributed by atoms with Gasteiger partial charge in [0, 0.05) is 5.92 Å². The van der Waals surface area contributed by atoms with E-state index < -0.39 is 0 Å². The van der Waals surface area contributed by atoms with Gasteiger partial charge in [-0.1, -0.05) is 12.2 Å². The van der Waals surface area contributed by atoms with Crippen LogP contribution in [-0.2, 0) is 9.59 Å². The largest absolute Gasteiger partial charge is 0.273 e. The van der Waals surface area contributed by atoms with E-state index in [2.05, 4.69) is 23.0 Å². The summed E-state index contributed by atoms with van der Waals surface area (Å²) < 4.78 is 0. The van der Waals surface area contributed by atoms with Gasteiger partial charge >= 0.3 is 0 Å². The Morgan fingerprint density at radius 2 is 1.48 bits per heavy atom. The standard InChI is InChI=1S/C19H26N2O2/c22-17(16-7-11-1-2-15(16)6-11)20-21-18(23)19-8-12-3-13(9-19)5-14(4-12)10-19/h1-2,11-16H,3-10H2,(H,20,22)(H,21,23). The third kappa shape index (κ3) is 2.17. The Morgan fingerprint density at radius 3 is 2.00 bits per heavy atom. The molecule has 0 radical (unpaired) electrons. The summed E-state index contributed by atoms with van der Waals surface area (Å²) in [6, 6.07) is 0. The van der Waals surface area contributed by atoms with E-state index in [1.165, 1.54) is 19.3 Å². The van der Waals surface area contributed by atoms with Crippen molar-refractivity contribution in [2.24, 2.45) is 40.9 Å². The molecule has 0 aromatic rings. The van der Waals surface area contributed by atoms with Crippen molar-refractivity contribution in [3.05, 3.63) is 12.2 Å². The third-order valence-electron chi connectivity index (χ3n) is 7.43. The van der Waals surface area contributed by atoms with E-state index in [1.54, 1.807) is 0 Å². The number of nitrogens with one attached hydrogen (secondary N) is 2. The molecule has 124 valence electrons. The first-order chi connectivity index (χ1) is 11.1. The van der Waals surface area contributed by atoms with Crippen LogP contribution in [0.3, 0.4) is 0 Å². The predicted molar refractivity (Wildman–Crippen MR) is 85.7 cm³/mol. The van der Waals surface area contributed by atoms with Crippen LogP contribution in [-0.4, -0.2) is 11.8 Å². The Labute approximate surface area is 137 Å². The van der Waals surface area contributed by atoms with Crippen LogP contribution >= 0.6 is 0 Å². The lowest BCUT2D eigenvalue weighted by molar-refractivity contribution is -0.149. The van der Waals surface area contributed by atoms with E-state index in [4.69, 9.17) is 0 Å². The monoisotopic (exact) mass is 314 g/mol. The molecule has 3 atom stereocenters. The minimum absolute atomic E-state index is 0.0138. The van der Waals surface area contributed by atoms with Gasteiger partial charge in [0.2, 0.25) is 11.8 Å². The van der Waals surface area contributed by atoms with Crippen LogP contribution in [0.25, 0.3) is 0 Å². The first-order valence-corrected chi connectivity index (χ1v) is 9.40. The van der Waals surface area contributed by atoms with Crippen molar-refractivity contribution in [2.75, 3.05) is 0 Å². The maximum absolute atomic E-state index is 12.8. The average Bonchev–Trinajstić information content (AvgIpc) is 3.14. The molecule has 0 aliphatic heterocycles. The van der Waals surface area contributed by atoms with Crippen molar-refractivity contribution in [1.29, 1.82) is 0 Å². The summed E-state index contributed by atoms with van der Waals surface area (Å²) in [5.74, 6) is 3.37. The van der Waals surface area contributed by atoms with Crippen LogP contribution in [0.4, 0.5) is 0 Å². The van der Waals surface area contributed by atoms with Gasteiger partial charge in [0.25, 0.3) is 0 Å². The first kappa shape index (κ1) is 14.1. The van der Waals surface area contributed by atoms with Crippen molar-refractivity contribution < 1.29 is 9.59 Å². The normalized spacial score (nSPS) is 48.7. The number of fused-ring (bicyclic) bond motifs is 2. The number of allylic oxidation sites excluding steroid dienone is 2. The molecule has 0 aromatic heterocycles. The molecule has 0 saturated heterocycles. The molecular formula is C19H26N2O2. The fraction of sp³-hybridized carbons (Fsp3) is 0.789. The molecule has 23 heavy (non-hydrogen) atoms. The average molecular weight is 314 g/mol. The Kier molecular flexibility index (Phi) is 2.96. The van der Waals surface area contributed by atoms with Gasteiger partial charge < -0.3 is 0 Å². The zero-order chi connectivity index (χ0) is 15.6. The zero-order valence-corrected chi connectivity index (χ0v) is 13.6. The molecule has 4 heteroatoms. The summed E-state index contributed by atoms with van der Waals surface area (Å²) in [5, 5.41) is 0. The maximum Gasteiger partial charge on any atom is 0.244 e. The number of hydrogen-bond donors (Lipinski definition) is 2. The highest BCUT2D eigenvalue weighted by molar-refractivity contribution is 5.87. The summed E-state index contributed by atoms with van der Waals surface area (Å²) in [6.45, 7) is 0. The second-order valence-corrected chi connectivity index (χ2v) is 9.03. The number of carbonyl (C=O) groups excluding carboxylic acids is 2. The molecule has 0 spiro atoms. The number of rotatable bonds is 2. The predicted octanol–water partition coefficient (Wildman–Crippen LogP) is 2.56. The smallest absolute Gasteiger partial charge is 0.244 e. The Hall–Kier alpha value is -1.32. The molecular weight excluding hydrogens is 288 g/mol. The Bertz CT molecular complexity index is 547. The van der Waals surface area contributed by atoms with Crippen LogP contribution in [0.15, 0.2) is 12.2 Å². The quantitative estimate of drug-likeness (QED) is 0.608. The molecule has 2 N–H and O–H groups in total. The van der Waals surface area contributed by atoms with Crippen molar-refractivity contribution in [1.82, 2.24) is 10.9 Å². The maximum atomic E-state index is 12.8. The lowest BCUT2D eigenvalue weighted by Crippen LogP contribution is -2.57. The van der Waals surface area contributed by atoms with Gasteiger partial charge in [0.15, 0.2) is 0 Å². The van der Waals surface area contributed by atoms with E-state index in [1.807, 2.05) is 0 Å². The van der Waals surface area contributed by atoms with Gasteiger partial charge in [0.1, 0.15) is 0 Å². The van der Waals surface area contributed by atoms with Gasteiger partial charge in [-0.25, -0.2) is 0 Å². The van der Waals surface area contributed by atoms with E-state index in [0.717, 1.165) is 49.9 Å². The molecule has 6 aliphatic carbocycles. The topological polar surface area (TPSA) is 58.2 Å². The molecule has 2 amide bonds. The van der Waals surface area contributed by atoms with Crippen molar-refractivity contribution in [2.45, 2.75) is 51.4 Å². The fourth-order valence-corrected chi connectivity index (χ4v) is 6.81. The zero-order valence-electron chi connectivity index (χ0n) is 13.6. The fourth-order valence-electron chi connectivity index (χ4n) is 6.81. The first-order valence-electron chi connectivity index (χ1n) is 9.40. The van der Waals surface area contributed by atoms with Crippen LogP contribution in [0, 0.1) is 40.9 Å². The summed E-state index contributed by atoms with van der Waals surface area (Å²) in [7, 11) is 0. The number of hydrogen-bond acceptors (Lipinski definition) is 2. The van der Waals surface area contributed by atoms with Gasteiger partial charge in [-0.2, -0.15) is 0 Å². The highest BCUT2D eigenvalue weighted by atomic mass is 16.2.